The molecule has 98 valence electrons. The average molecular weight is 261 g/mol. The van der Waals surface area contributed by atoms with E-state index in [-0.39, 0.29) is 12.1 Å². The van der Waals surface area contributed by atoms with Gasteiger partial charge in [-0.2, -0.15) is 5.26 Å². The van der Waals surface area contributed by atoms with Crippen molar-refractivity contribution < 1.29 is 14.0 Å². The van der Waals surface area contributed by atoms with E-state index < -0.39 is 23.3 Å². The van der Waals surface area contributed by atoms with E-state index >= 15 is 0 Å². The molecule has 1 fully saturated rings. The lowest BCUT2D eigenvalue weighted by Crippen LogP contribution is -2.43. The van der Waals surface area contributed by atoms with Gasteiger partial charge in [0.05, 0.1) is 11.6 Å². The smallest absolute Gasteiger partial charge is 0.306 e. The first-order valence-corrected chi connectivity index (χ1v) is 5.68. The maximum absolute atomic E-state index is 13.2. The van der Waals surface area contributed by atoms with Gasteiger partial charge in [0, 0.05) is 6.54 Å². The number of nitrogens with one attached hydrogen (secondary N) is 1. The fourth-order valence-corrected chi connectivity index (χ4v) is 1.94. The minimum atomic E-state index is -1.02. The molecule has 0 saturated carbocycles. The zero-order chi connectivity index (χ0) is 14.2. The standard InChI is InChI=1S/C13H12FN3O2/c1-13(2)11(18)16-12(19)17(13)7-9-5-10(14)4-3-8(9)6-15/h3-5H,7H2,1-2H3,(H,16,18,19). The van der Waals surface area contributed by atoms with Gasteiger partial charge >= 0.3 is 6.03 Å². The minimum absolute atomic E-state index is 0.00519. The summed E-state index contributed by atoms with van der Waals surface area (Å²) in [6.45, 7) is 3.20. The highest BCUT2D eigenvalue weighted by atomic mass is 19.1. The first-order chi connectivity index (χ1) is 8.86. The van der Waals surface area contributed by atoms with Crippen molar-refractivity contribution in [3.8, 4) is 6.07 Å². The fraction of sp³-hybridized carbons (Fsp3) is 0.308. The summed E-state index contributed by atoms with van der Waals surface area (Å²) in [6.07, 6.45) is 0. The van der Waals surface area contributed by atoms with Gasteiger partial charge in [-0.3, -0.25) is 10.1 Å². The van der Waals surface area contributed by atoms with E-state index in [0.29, 0.717) is 5.56 Å². The van der Waals surface area contributed by atoms with Crippen molar-refractivity contribution in [2.24, 2.45) is 0 Å². The normalized spacial score (nSPS) is 17.3. The van der Waals surface area contributed by atoms with Crippen LogP contribution in [0.1, 0.15) is 25.0 Å². The maximum atomic E-state index is 13.2. The van der Waals surface area contributed by atoms with Crippen LogP contribution in [0.4, 0.5) is 9.18 Å². The lowest BCUT2D eigenvalue weighted by molar-refractivity contribution is -0.125. The Labute approximate surface area is 109 Å². The van der Waals surface area contributed by atoms with Crippen LogP contribution in [0.15, 0.2) is 18.2 Å². The second-order valence-electron chi connectivity index (χ2n) is 4.82. The Kier molecular flexibility index (Phi) is 2.98. The summed E-state index contributed by atoms with van der Waals surface area (Å²) in [4.78, 5) is 24.6. The van der Waals surface area contributed by atoms with E-state index in [2.05, 4.69) is 5.32 Å². The average Bonchev–Trinajstić information content (AvgIpc) is 2.52. The topological polar surface area (TPSA) is 73.2 Å². The number of hydrogen-bond acceptors (Lipinski definition) is 3. The molecule has 1 aromatic carbocycles. The molecule has 1 N–H and O–H groups in total. The number of nitriles is 1. The van der Waals surface area contributed by atoms with Crippen LogP contribution in [0.3, 0.4) is 0 Å². The number of imide groups is 1. The summed E-state index contributed by atoms with van der Waals surface area (Å²) in [5.74, 6) is -0.898. The van der Waals surface area contributed by atoms with Gasteiger partial charge in [-0.05, 0) is 37.6 Å². The quantitative estimate of drug-likeness (QED) is 0.820. The van der Waals surface area contributed by atoms with E-state index in [1.54, 1.807) is 13.8 Å². The van der Waals surface area contributed by atoms with Gasteiger partial charge in [0.15, 0.2) is 0 Å². The van der Waals surface area contributed by atoms with Gasteiger partial charge in [-0.25, -0.2) is 9.18 Å². The van der Waals surface area contributed by atoms with Crippen molar-refractivity contribution in [3.05, 3.63) is 35.1 Å². The van der Waals surface area contributed by atoms with E-state index in [0.717, 1.165) is 0 Å². The minimum Gasteiger partial charge on any atom is -0.306 e. The Morgan fingerprint density at radius 3 is 2.63 bits per heavy atom. The zero-order valence-corrected chi connectivity index (χ0v) is 10.5. The highest BCUT2D eigenvalue weighted by Gasteiger charge is 2.45. The highest BCUT2D eigenvalue weighted by molar-refractivity contribution is 6.06. The van der Waals surface area contributed by atoms with E-state index in [4.69, 9.17) is 5.26 Å². The van der Waals surface area contributed by atoms with Crippen LogP contribution in [-0.2, 0) is 11.3 Å². The molecule has 1 aliphatic rings. The van der Waals surface area contributed by atoms with Crippen LogP contribution in [0, 0.1) is 17.1 Å². The molecule has 1 aromatic rings. The third-order valence-electron chi connectivity index (χ3n) is 3.21. The Hall–Kier alpha value is -2.42. The fourth-order valence-electron chi connectivity index (χ4n) is 1.94. The Morgan fingerprint density at radius 1 is 1.42 bits per heavy atom. The lowest BCUT2D eigenvalue weighted by Gasteiger charge is -2.28. The first-order valence-electron chi connectivity index (χ1n) is 5.68. The molecule has 3 amide bonds. The van der Waals surface area contributed by atoms with Crippen molar-refractivity contribution in [1.29, 1.82) is 5.26 Å². The Morgan fingerprint density at radius 2 is 2.11 bits per heavy atom. The van der Waals surface area contributed by atoms with Crippen molar-refractivity contribution in [1.82, 2.24) is 10.2 Å². The number of urea groups is 1. The van der Waals surface area contributed by atoms with Crippen molar-refractivity contribution in [3.63, 3.8) is 0 Å². The molecule has 0 aliphatic carbocycles. The molecule has 1 heterocycles. The molecule has 0 spiro atoms. The SMILES string of the molecule is CC1(C)C(=O)NC(=O)N1Cc1cc(F)ccc1C#N. The molecule has 1 saturated heterocycles. The second-order valence-corrected chi connectivity index (χ2v) is 4.82. The van der Waals surface area contributed by atoms with Gasteiger partial charge < -0.3 is 4.90 Å². The summed E-state index contributed by atoms with van der Waals surface area (Å²) in [6, 6.07) is 5.14. The Balaban J connectivity index is 2.37. The third kappa shape index (κ3) is 2.15. The first kappa shape index (κ1) is 13.0. The number of halogens is 1. The maximum Gasteiger partial charge on any atom is 0.325 e. The van der Waals surface area contributed by atoms with Crippen LogP contribution in [0.5, 0.6) is 0 Å². The number of carbonyl (C=O) groups excluding carboxylic acids is 2. The van der Waals surface area contributed by atoms with Gasteiger partial charge in [-0.15, -0.1) is 0 Å². The third-order valence-corrected chi connectivity index (χ3v) is 3.21. The number of rotatable bonds is 2. The molecule has 2 rings (SSSR count). The summed E-state index contributed by atoms with van der Waals surface area (Å²) in [5.41, 5.74) is -0.361. The number of nitrogens with zero attached hydrogens (tertiary/aromatic N) is 2. The molecule has 0 radical (unpaired) electrons. The Bertz CT molecular complexity index is 604. The van der Waals surface area contributed by atoms with E-state index in [9.17, 15) is 14.0 Å². The van der Waals surface area contributed by atoms with Crippen molar-refractivity contribution in [2.75, 3.05) is 0 Å². The van der Waals surface area contributed by atoms with Gasteiger partial charge in [0.2, 0.25) is 0 Å². The molecule has 6 heteroatoms. The number of carbonyl (C=O) groups is 2. The van der Waals surface area contributed by atoms with Crippen LogP contribution in [0.25, 0.3) is 0 Å². The molecular weight excluding hydrogens is 249 g/mol. The predicted octanol–water partition coefficient (Wildman–Crippen LogP) is 1.53. The van der Waals surface area contributed by atoms with Crippen LogP contribution >= 0.6 is 0 Å². The molecule has 0 bridgehead atoms. The molecule has 0 atom stereocenters. The van der Waals surface area contributed by atoms with Gasteiger partial charge in [-0.1, -0.05) is 0 Å². The van der Waals surface area contributed by atoms with Crippen molar-refractivity contribution in [2.45, 2.75) is 25.9 Å². The van der Waals surface area contributed by atoms with Crippen LogP contribution < -0.4 is 5.32 Å². The number of amides is 3. The molecule has 19 heavy (non-hydrogen) atoms. The summed E-state index contributed by atoms with van der Waals surface area (Å²) >= 11 is 0. The summed E-state index contributed by atoms with van der Waals surface area (Å²) < 4.78 is 13.2. The lowest BCUT2D eigenvalue weighted by atomic mass is 10.0. The van der Waals surface area contributed by atoms with E-state index in [1.807, 2.05) is 6.07 Å². The molecule has 0 unspecified atom stereocenters. The van der Waals surface area contributed by atoms with Gasteiger partial charge in [0.1, 0.15) is 11.4 Å². The summed E-state index contributed by atoms with van der Waals surface area (Å²) in [7, 11) is 0. The molecule has 0 aromatic heterocycles. The van der Waals surface area contributed by atoms with E-state index in [1.165, 1.54) is 23.1 Å². The summed E-state index contributed by atoms with van der Waals surface area (Å²) in [5, 5.41) is 11.2. The zero-order valence-electron chi connectivity index (χ0n) is 10.5. The molecule has 1 aliphatic heterocycles. The number of hydrogen-bond donors (Lipinski definition) is 1. The predicted molar refractivity (Wildman–Crippen MR) is 64.3 cm³/mol. The monoisotopic (exact) mass is 261 g/mol. The molecular formula is C13H12FN3O2. The number of benzene rings is 1. The van der Waals surface area contributed by atoms with Crippen molar-refractivity contribution >= 4 is 11.9 Å². The van der Waals surface area contributed by atoms with Crippen LogP contribution in [-0.4, -0.2) is 22.4 Å². The largest absolute Gasteiger partial charge is 0.325 e. The van der Waals surface area contributed by atoms with Crippen LogP contribution in [0.2, 0.25) is 0 Å². The van der Waals surface area contributed by atoms with Gasteiger partial charge in [0.25, 0.3) is 5.91 Å². The molecule has 5 nitrogen and oxygen atoms in total. The highest BCUT2D eigenvalue weighted by Crippen LogP contribution is 2.24. The second kappa shape index (κ2) is 4.35.